The summed E-state index contributed by atoms with van der Waals surface area (Å²) in [7, 11) is 1.41. The van der Waals surface area contributed by atoms with Crippen LogP contribution in [-0.2, 0) is 4.74 Å². The third-order valence-corrected chi connectivity index (χ3v) is 4.43. The summed E-state index contributed by atoms with van der Waals surface area (Å²) in [5.41, 5.74) is 2.21. The molecule has 1 aliphatic rings. The molecule has 0 aliphatic heterocycles. The molecule has 0 unspecified atom stereocenters. The molecule has 0 amide bonds. The summed E-state index contributed by atoms with van der Waals surface area (Å²) in [5, 5.41) is 0. The second-order valence-corrected chi connectivity index (χ2v) is 5.86. The number of aromatic amines is 1. The van der Waals surface area contributed by atoms with E-state index in [9.17, 15) is 4.79 Å². The highest BCUT2D eigenvalue weighted by atomic mass is 16.5. The zero-order chi connectivity index (χ0) is 14.7. The van der Waals surface area contributed by atoms with E-state index < -0.39 is 0 Å². The lowest BCUT2D eigenvalue weighted by molar-refractivity contribution is 0.0603. The number of ether oxygens (including phenoxy) is 1. The standard InChI is InChI=1S/C17H22N2O2/c1-21-17(20)13-10-7-11-14-15(13)19-16(18-14)12-8-5-3-2-4-6-9-12/h7,10-12H,2-6,8-9H2,1H3,(H,18,19). The van der Waals surface area contributed by atoms with E-state index in [1.54, 1.807) is 6.07 Å². The second kappa shape index (κ2) is 6.29. The van der Waals surface area contributed by atoms with Crippen LogP contribution in [-0.4, -0.2) is 23.0 Å². The molecule has 1 saturated carbocycles. The van der Waals surface area contributed by atoms with Gasteiger partial charge in [-0.2, -0.15) is 0 Å². The Bertz CT molecular complexity index is 625. The molecule has 3 rings (SSSR count). The van der Waals surface area contributed by atoms with Crippen molar-refractivity contribution in [2.45, 2.75) is 50.9 Å². The van der Waals surface area contributed by atoms with Crippen LogP contribution < -0.4 is 0 Å². The van der Waals surface area contributed by atoms with Crippen molar-refractivity contribution in [2.24, 2.45) is 0 Å². The third kappa shape index (κ3) is 2.94. The first-order valence-corrected chi connectivity index (χ1v) is 7.86. The highest BCUT2D eigenvalue weighted by Gasteiger charge is 2.19. The van der Waals surface area contributed by atoms with Gasteiger partial charge in [0.2, 0.25) is 0 Å². The molecule has 4 heteroatoms. The molecule has 1 N–H and O–H groups in total. The van der Waals surface area contributed by atoms with Gasteiger partial charge in [0, 0.05) is 5.92 Å². The van der Waals surface area contributed by atoms with Gasteiger partial charge in [-0.25, -0.2) is 9.78 Å². The predicted molar refractivity (Wildman–Crippen MR) is 82.5 cm³/mol. The van der Waals surface area contributed by atoms with E-state index in [0.29, 0.717) is 11.5 Å². The van der Waals surface area contributed by atoms with E-state index in [1.807, 2.05) is 12.1 Å². The van der Waals surface area contributed by atoms with Gasteiger partial charge in [-0.1, -0.05) is 38.2 Å². The van der Waals surface area contributed by atoms with Gasteiger partial charge in [-0.05, 0) is 25.0 Å². The number of hydrogen-bond donors (Lipinski definition) is 1. The molecule has 0 radical (unpaired) electrons. The largest absolute Gasteiger partial charge is 0.465 e. The highest BCUT2D eigenvalue weighted by molar-refractivity contribution is 6.01. The van der Waals surface area contributed by atoms with Crippen molar-refractivity contribution in [1.29, 1.82) is 0 Å². The van der Waals surface area contributed by atoms with Crippen molar-refractivity contribution in [1.82, 2.24) is 9.97 Å². The maximum Gasteiger partial charge on any atom is 0.340 e. The highest BCUT2D eigenvalue weighted by Crippen LogP contribution is 2.31. The first-order valence-electron chi connectivity index (χ1n) is 7.86. The molecule has 1 fully saturated rings. The number of hydrogen-bond acceptors (Lipinski definition) is 3. The van der Waals surface area contributed by atoms with E-state index in [-0.39, 0.29) is 5.97 Å². The van der Waals surface area contributed by atoms with Gasteiger partial charge >= 0.3 is 5.97 Å². The average Bonchev–Trinajstić information content (AvgIpc) is 2.89. The van der Waals surface area contributed by atoms with Crippen LogP contribution >= 0.6 is 0 Å². The molecule has 0 atom stereocenters. The zero-order valence-electron chi connectivity index (χ0n) is 12.5. The SMILES string of the molecule is COC(=O)c1cccc2[nH]c(C3CCCCCCC3)nc12. The number of carbonyl (C=O) groups is 1. The first-order chi connectivity index (χ1) is 10.3. The van der Waals surface area contributed by atoms with Crippen LogP contribution in [0, 0.1) is 0 Å². The van der Waals surface area contributed by atoms with Crippen molar-refractivity contribution in [3.8, 4) is 0 Å². The Morgan fingerprint density at radius 1 is 1.19 bits per heavy atom. The monoisotopic (exact) mass is 286 g/mol. The van der Waals surface area contributed by atoms with Crippen LogP contribution in [0.3, 0.4) is 0 Å². The maximum atomic E-state index is 11.8. The number of methoxy groups -OCH3 is 1. The Morgan fingerprint density at radius 3 is 2.62 bits per heavy atom. The van der Waals surface area contributed by atoms with Gasteiger partial charge in [-0.3, -0.25) is 0 Å². The predicted octanol–water partition coefficient (Wildman–Crippen LogP) is 4.18. The lowest BCUT2D eigenvalue weighted by Gasteiger charge is -2.17. The topological polar surface area (TPSA) is 55.0 Å². The van der Waals surface area contributed by atoms with Gasteiger partial charge in [0.25, 0.3) is 0 Å². The normalized spacial score (nSPS) is 17.4. The second-order valence-electron chi connectivity index (χ2n) is 5.86. The summed E-state index contributed by atoms with van der Waals surface area (Å²) in [4.78, 5) is 20.0. The van der Waals surface area contributed by atoms with Crippen LogP contribution in [0.2, 0.25) is 0 Å². The molecule has 112 valence electrons. The quantitative estimate of drug-likeness (QED) is 0.843. The molecular formula is C17H22N2O2. The van der Waals surface area contributed by atoms with Crippen molar-refractivity contribution < 1.29 is 9.53 Å². The van der Waals surface area contributed by atoms with Gasteiger partial charge < -0.3 is 9.72 Å². The molecule has 2 aromatic rings. The Balaban J connectivity index is 1.94. The Hall–Kier alpha value is -1.84. The minimum atomic E-state index is -0.323. The summed E-state index contributed by atoms with van der Waals surface area (Å²) in [6, 6.07) is 5.62. The Labute approximate surface area is 124 Å². The van der Waals surface area contributed by atoms with E-state index in [1.165, 1.54) is 52.1 Å². The maximum absolute atomic E-state index is 11.8. The molecule has 1 aromatic carbocycles. The van der Waals surface area contributed by atoms with Gasteiger partial charge in [0.15, 0.2) is 0 Å². The number of nitrogens with zero attached hydrogens (tertiary/aromatic N) is 1. The van der Waals surface area contributed by atoms with Crippen molar-refractivity contribution in [3.05, 3.63) is 29.6 Å². The first kappa shape index (κ1) is 14.1. The fourth-order valence-electron chi connectivity index (χ4n) is 3.25. The molecule has 1 aromatic heterocycles. The van der Waals surface area contributed by atoms with Crippen LogP contribution in [0.5, 0.6) is 0 Å². The van der Waals surface area contributed by atoms with Crippen LogP contribution in [0.25, 0.3) is 11.0 Å². The number of para-hydroxylation sites is 1. The van der Waals surface area contributed by atoms with E-state index in [0.717, 1.165) is 16.9 Å². The van der Waals surface area contributed by atoms with Gasteiger partial charge in [0.1, 0.15) is 11.3 Å². The smallest absolute Gasteiger partial charge is 0.340 e. The third-order valence-electron chi connectivity index (χ3n) is 4.43. The molecule has 4 nitrogen and oxygen atoms in total. The summed E-state index contributed by atoms with van der Waals surface area (Å²) >= 11 is 0. The number of benzene rings is 1. The van der Waals surface area contributed by atoms with Gasteiger partial charge in [-0.15, -0.1) is 0 Å². The molecule has 1 aliphatic carbocycles. The number of H-pyrrole nitrogens is 1. The van der Waals surface area contributed by atoms with E-state index in [4.69, 9.17) is 9.72 Å². The lowest BCUT2D eigenvalue weighted by Crippen LogP contribution is -2.04. The molecule has 0 spiro atoms. The number of carbonyl (C=O) groups excluding carboxylic acids is 1. The summed E-state index contributed by atoms with van der Waals surface area (Å²) in [6.07, 6.45) is 8.92. The Kier molecular flexibility index (Phi) is 4.23. The van der Waals surface area contributed by atoms with Crippen LogP contribution in [0.15, 0.2) is 18.2 Å². The molecule has 0 saturated heterocycles. The van der Waals surface area contributed by atoms with Crippen molar-refractivity contribution in [2.75, 3.05) is 7.11 Å². The van der Waals surface area contributed by atoms with E-state index in [2.05, 4.69) is 4.98 Å². The number of rotatable bonds is 2. The number of aromatic nitrogens is 2. The number of fused-ring (bicyclic) bond motifs is 1. The number of nitrogens with one attached hydrogen (secondary N) is 1. The fourth-order valence-corrected chi connectivity index (χ4v) is 3.25. The summed E-state index contributed by atoms with van der Waals surface area (Å²) in [5.74, 6) is 1.20. The van der Waals surface area contributed by atoms with Crippen molar-refractivity contribution >= 4 is 17.0 Å². The Morgan fingerprint density at radius 2 is 1.90 bits per heavy atom. The van der Waals surface area contributed by atoms with Crippen LogP contribution in [0.1, 0.15) is 67.0 Å². The molecule has 0 bridgehead atoms. The van der Waals surface area contributed by atoms with Crippen LogP contribution in [0.4, 0.5) is 0 Å². The van der Waals surface area contributed by atoms with Gasteiger partial charge in [0.05, 0.1) is 18.2 Å². The summed E-state index contributed by atoms with van der Waals surface area (Å²) < 4.78 is 4.84. The lowest BCUT2D eigenvalue weighted by atomic mass is 9.91. The zero-order valence-corrected chi connectivity index (χ0v) is 12.5. The van der Waals surface area contributed by atoms with E-state index >= 15 is 0 Å². The minimum Gasteiger partial charge on any atom is -0.465 e. The average molecular weight is 286 g/mol. The fraction of sp³-hybridized carbons (Fsp3) is 0.529. The summed E-state index contributed by atoms with van der Waals surface area (Å²) in [6.45, 7) is 0. The minimum absolute atomic E-state index is 0.323. The molecule has 1 heterocycles. The molecular weight excluding hydrogens is 264 g/mol. The number of esters is 1. The van der Waals surface area contributed by atoms with Crippen molar-refractivity contribution in [3.63, 3.8) is 0 Å². The molecule has 21 heavy (non-hydrogen) atoms. The number of imidazole rings is 1.